The SMILES string of the molecule is COc1cccc(CN(C)C(=O)c2cnn(Cc3ccccc3Cl)c2)c1OC. The van der Waals surface area contributed by atoms with Crippen LogP contribution in [0.5, 0.6) is 11.5 Å². The highest BCUT2D eigenvalue weighted by atomic mass is 35.5. The molecule has 1 amide bonds. The monoisotopic (exact) mass is 399 g/mol. The molecular weight excluding hydrogens is 378 g/mol. The van der Waals surface area contributed by atoms with Gasteiger partial charge in [0.1, 0.15) is 0 Å². The van der Waals surface area contributed by atoms with Gasteiger partial charge in [-0.3, -0.25) is 9.48 Å². The molecule has 0 radical (unpaired) electrons. The van der Waals surface area contributed by atoms with Crippen molar-refractivity contribution in [3.8, 4) is 11.5 Å². The van der Waals surface area contributed by atoms with E-state index in [1.807, 2.05) is 42.5 Å². The van der Waals surface area contributed by atoms with Crippen LogP contribution in [0.25, 0.3) is 0 Å². The lowest BCUT2D eigenvalue weighted by molar-refractivity contribution is 0.0784. The third-order valence-corrected chi connectivity index (χ3v) is 4.78. The zero-order valence-corrected chi connectivity index (χ0v) is 16.8. The summed E-state index contributed by atoms with van der Waals surface area (Å²) in [5.74, 6) is 1.13. The summed E-state index contributed by atoms with van der Waals surface area (Å²) in [6.45, 7) is 0.884. The molecule has 0 aliphatic carbocycles. The molecule has 0 aliphatic rings. The first kappa shape index (κ1) is 19.8. The van der Waals surface area contributed by atoms with Crippen molar-refractivity contribution < 1.29 is 14.3 Å². The lowest BCUT2D eigenvalue weighted by atomic mass is 10.1. The summed E-state index contributed by atoms with van der Waals surface area (Å²) >= 11 is 6.20. The van der Waals surface area contributed by atoms with Gasteiger partial charge in [-0.25, -0.2) is 0 Å². The van der Waals surface area contributed by atoms with Gasteiger partial charge in [-0.2, -0.15) is 5.10 Å². The zero-order chi connectivity index (χ0) is 20.1. The number of methoxy groups -OCH3 is 2. The number of hydrogen-bond donors (Lipinski definition) is 0. The summed E-state index contributed by atoms with van der Waals surface area (Å²) in [5, 5.41) is 4.96. The first-order valence-corrected chi connectivity index (χ1v) is 9.12. The summed E-state index contributed by atoms with van der Waals surface area (Å²) < 4.78 is 12.5. The molecule has 0 saturated heterocycles. The Hall–Kier alpha value is -2.99. The molecule has 1 aromatic heterocycles. The second-order valence-electron chi connectivity index (χ2n) is 6.33. The van der Waals surface area contributed by atoms with E-state index in [9.17, 15) is 4.79 Å². The van der Waals surface area contributed by atoms with Gasteiger partial charge in [-0.15, -0.1) is 0 Å². The van der Waals surface area contributed by atoms with E-state index in [0.29, 0.717) is 35.2 Å². The molecule has 0 aliphatic heterocycles. The Kier molecular flexibility index (Phi) is 6.21. The zero-order valence-electron chi connectivity index (χ0n) is 16.1. The Morgan fingerprint density at radius 3 is 2.57 bits per heavy atom. The van der Waals surface area contributed by atoms with Gasteiger partial charge in [-0.1, -0.05) is 41.9 Å². The molecule has 0 bridgehead atoms. The summed E-state index contributed by atoms with van der Waals surface area (Å²) in [6, 6.07) is 13.2. The fourth-order valence-electron chi connectivity index (χ4n) is 2.99. The van der Waals surface area contributed by atoms with Crippen LogP contribution >= 0.6 is 11.6 Å². The van der Waals surface area contributed by atoms with E-state index in [0.717, 1.165) is 11.1 Å². The van der Waals surface area contributed by atoms with E-state index >= 15 is 0 Å². The smallest absolute Gasteiger partial charge is 0.257 e. The number of ether oxygens (including phenoxy) is 2. The average molecular weight is 400 g/mol. The highest BCUT2D eigenvalue weighted by Gasteiger charge is 2.18. The van der Waals surface area contributed by atoms with Crippen molar-refractivity contribution in [1.82, 2.24) is 14.7 Å². The second-order valence-corrected chi connectivity index (χ2v) is 6.74. The molecule has 7 heteroatoms. The van der Waals surface area contributed by atoms with Gasteiger partial charge in [0.25, 0.3) is 5.91 Å². The summed E-state index contributed by atoms with van der Waals surface area (Å²) in [5.41, 5.74) is 2.32. The molecule has 0 atom stereocenters. The molecule has 3 rings (SSSR count). The minimum absolute atomic E-state index is 0.129. The fourth-order valence-corrected chi connectivity index (χ4v) is 3.18. The first-order valence-electron chi connectivity index (χ1n) is 8.74. The number of carbonyl (C=O) groups excluding carboxylic acids is 1. The normalized spacial score (nSPS) is 10.6. The Balaban J connectivity index is 1.73. The lowest BCUT2D eigenvalue weighted by Crippen LogP contribution is -2.26. The Morgan fingerprint density at radius 1 is 1.11 bits per heavy atom. The van der Waals surface area contributed by atoms with Crippen molar-refractivity contribution in [2.24, 2.45) is 0 Å². The molecule has 2 aromatic carbocycles. The van der Waals surface area contributed by atoms with Crippen molar-refractivity contribution in [3.05, 3.63) is 76.6 Å². The molecule has 1 heterocycles. The standard InChI is InChI=1S/C21H22ClN3O3/c1-24(12-16-8-6-10-19(27-2)20(16)28-3)21(26)17-11-23-25(14-17)13-15-7-4-5-9-18(15)22/h4-11,14H,12-13H2,1-3H3. The van der Waals surface area contributed by atoms with E-state index in [4.69, 9.17) is 21.1 Å². The molecule has 146 valence electrons. The van der Waals surface area contributed by atoms with Crippen LogP contribution in [0, 0.1) is 0 Å². The van der Waals surface area contributed by atoms with Crippen molar-refractivity contribution in [2.45, 2.75) is 13.1 Å². The van der Waals surface area contributed by atoms with Crippen molar-refractivity contribution >= 4 is 17.5 Å². The maximum Gasteiger partial charge on any atom is 0.257 e. The van der Waals surface area contributed by atoms with Gasteiger partial charge in [0.15, 0.2) is 11.5 Å². The van der Waals surface area contributed by atoms with Crippen molar-refractivity contribution in [3.63, 3.8) is 0 Å². The third kappa shape index (κ3) is 4.28. The van der Waals surface area contributed by atoms with E-state index in [2.05, 4.69) is 5.10 Å². The van der Waals surface area contributed by atoms with Crippen LogP contribution in [0.1, 0.15) is 21.5 Å². The summed E-state index contributed by atoms with van der Waals surface area (Å²) in [6.07, 6.45) is 3.30. The quantitative estimate of drug-likeness (QED) is 0.605. The maximum atomic E-state index is 12.8. The number of hydrogen-bond acceptors (Lipinski definition) is 4. The van der Waals surface area contributed by atoms with Crippen LogP contribution in [0.2, 0.25) is 5.02 Å². The van der Waals surface area contributed by atoms with Gasteiger partial charge in [0.05, 0.1) is 32.5 Å². The van der Waals surface area contributed by atoms with E-state index < -0.39 is 0 Å². The fraction of sp³-hybridized carbons (Fsp3) is 0.238. The minimum Gasteiger partial charge on any atom is -0.493 e. The molecule has 0 saturated carbocycles. The number of halogens is 1. The van der Waals surface area contributed by atoms with Gasteiger partial charge >= 0.3 is 0 Å². The van der Waals surface area contributed by atoms with Crippen LogP contribution < -0.4 is 9.47 Å². The van der Waals surface area contributed by atoms with Crippen LogP contribution in [-0.2, 0) is 13.1 Å². The van der Waals surface area contributed by atoms with Crippen LogP contribution in [-0.4, -0.2) is 41.9 Å². The van der Waals surface area contributed by atoms with E-state index in [1.165, 1.54) is 0 Å². The number of nitrogens with zero attached hydrogens (tertiary/aromatic N) is 3. The predicted molar refractivity (Wildman–Crippen MR) is 108 cm³/mol. The number of amides is 1. The second kappa shape index (κ2) is 8.80. The van der Waals surface area contributed by atoms with Gasteiger partial charge < -0.3 is 14.4 Å². The van der Waals surface area contributed by atoms with Crippen molar-refractivity contribution in [1.29, 1.82) is 0 Å². The molecule has 0 spiro atoms. The number of rotatable bonds is 7. The number of carbonyl (C=O) groups is 1. The Morgan fingerprint density at radius 2 is 1.86 bits per heavy atom. The molecule has 0 unspecified atom stereocenters. The first-order chi connectivity index (χ1) is 13.5. The molecular formula is C21H22ClN3O3. The molecule has 0 N–H and O–H groups in total. The predicted octanol–water partition coefficient (Wildman–Crippen LogP) is 3.87. The number of para-hydroxylation sites is 1. The Bertz CT molecular complexity index is 971. The van der Waals surface area contributed by atoms with E-state index in [1.54, 1.807) is 43.2 Å². The van der Waals surface area contributed by atoms with Gasteiger partial charge in [0, 0.05) is 30.4 Å². The third-order valence-electron chi connectivity index (χ3n) is 4.41. The average Bonchev–Trinajstić information content (AvgIpc) is 3.17. The van der Waals surface area contributed by atoms with Crippen LogP contribution in [0.3, 0.4) is 0 Å². The highest BCUT2D eigenvalue weighted by molar-refractivity contribution is 6.31. The topological polar surface area (TPSA) is 56.6 Å². The van der Waals surface area contributed by atoms with Gasteiger partial charge in [0.2, 0.25) is 0 Å². The molecule has 6 nitrogen and oxygen atoms in total. The van der Waals surface area contributed by atoms with E-state index in [-0.39, 0.29) is 5.91 Å². The highest BCUT2D eigenvalue weighted by Crippen LogP contribution is 2.31. The lowest BCUT2D eigenvalue weighted by Gasteiger charge is -2.19. The number of benzene rings is 2. The maximum absolute atomic E-state index is 12.8. The van der Waals surface area contributed by atoms with Gasteiger partial charge in [-0.05, 0) is 17.7 Å². The molecule has 3 aromatic rings. The van der Waals surface area contributed by atoms with Crippen LogP contribution in [0.4, 0.5) is 0 Å². The summed E-state index contributed by atoms with van der Waals surface area (Å²) in [7, 11) is 4.92. The Labute approximate surface area is 169 Å². The summed E-state index contributed by atoms with van der Waals surface area (Å²) in [4.78, 5) is 14.4. The largest absolute Gasteiger partial charge is 0.493 e. The molecule has 28 heavy (non-hydrogen) atoms. The number of aromatic nitrogens is 2. The molecule has 0 fully saturated rings. The minimum atomic E-state index is -0.129. The van der Waals surface area contributed by atoms with Crippen molar-refractivity contribution in [2.75, 3.05) is 21.3 Å². The van der Waals surface area contributed by atoms with Crippen LogP contribution in [0.15, 0.2) is 54.9 Å².